The van der Waals surface area contributed by atoms with Gasteiger partial charge in [-0.25, -0.2) is 0 Å². The standard InChI is InChI=1S/C17H19NO/c1-4-14-7-8-15(18-11-14)10-17(19)16-9-12(2)5-6-13(16)3/h5-9,11H,4,10H2,1-3H3. The van der Waals surface area contributed by atoms with Crippen LogP contribution in [0, 0.1) is 13.8 Å². The summed E-state index contributed by atoms with van der Waals surface area (Å²) in [7, 11) is 0. The predicted molar refractivity (Wildman–Crippen MR) is 77.6 cm³/mol. The molecule has 0 saturated carbocycles. The molecule has 0 aliphatic heterocycles. The van der Waals surface area contributed by atoms with Crippen LogP contribution in [0.4, 0.5) is 0 Å². The number of ketones is 1. The van der Waals surface area contributed by atoms with Gasteiger partial charge in [-0.3, -0.25) is 9.78 Å². The maximum Gasteiger partial charge on any atom is 0.169 e. The number of nitrogens with zero attached hydrogens (tertiary/aromatic N) is 1. The van der Waals surface area contributed by atoms with E-state index in [1.54, 1.807) is 0 Å². The van der Waals surface area contributed by atoms with Crippen molar-refractivity contribution in [2.24, 2.45) is 0 Å². The summed E-state index contributed by atoms with van der Waals surface area (Å²) >= 11 is 0. The molecule has 0 spiro atoms. The lowest BCUT2D eigenvalue weighted by Crippen LogP contribution is -2.07. The van der Waals surface area contributed by atoms with E-state index < -0.39 is 0 Å². The van der Waals surface area contributed by atoms with E-state index in [1.165, 1.54) is 5.56 Å². The van der Waals surface area contributed by atoms with Gasteiger partial charge in [-0.2, -0.15) is 0 Å². The van der Waals surface area contributed by atoms with Crippen LogP contribution in [0.25, 0.3) is 0 Å². The molecular formula is C17H19NO. The molecule has 19 heavy (non-hydrogen) atoms. The monoisotopic (exact) mass is 253 g/mol. The Hall–Kier alpha value is -1.96. The largest absolute Gasteiger partial charge is 0.294 e. The minimum absolute atomic E-state index is 0.137. The number of pyridine rings is 1. The molecule has 0 radical (unpaired) electrons. The number of benzene rings is 1. The zero-order valence-corrected chi connectivity index (χ0v) is 11.7. The highest BCUT2D eigenvalue weighted by Crippen LogP contribution is 2.13. The van der Waals surface area contributed by atoms with Crippen LogP contribution in [0.5, 0.6) is 0 Å². The smallest absolute Gasteiger partial charge is 0.169 e. The highest BCUT2D eigenvalue weighted by atomic mass is 16.1. The highest BCUT2D eigenvalue weighted by Gasteiger charge is 2.10. The van der Waals surface area contributed by atoms with Gasteiger partial charge in [-0.15, -0.1) is 0 Å². The molecule has 0 bridgehead atoms. The van der Waals surface area contributed by atoms with Gasteiger partial charge < -0.3 is 0 Å². The highest BCUT2D eigenvalue weighted by molar-refractivity contribution is 5.98. The van der Waals surface area contributed by atoms with E-state index in [4.69, 9.17) is 0 Å². The minimum atomic E-state index is 0.137. The number of hydrogen-bond donors (Lipinski definition) is 0. The first-order valence-corrected chi connectivity index (χ1v) is 6.64. The molecule has 2 rings (SSSR count). The fourth-order valence-electron chi connectivity index (χ4n) is 2.06. The Morgan fingerprint density at radius 2 is 1.95 bits per heavy atom. The van der Waals surface area contributed by atoms with E-state index in [1.807, 2.05) is 50.4 Å². The first-order chi connectivity index (χ1) is 9.10. The zero-order chi connectivity index (χ0) is 13.8. The number of Topliss-reactive ketones (excluding diaryl/α,β-unsaturated/α-hetero) is 1. The van der Waals surface area contributed by atoms with Crippen molar-refractivity contribution in [1.82, 2.24) is 4.98 Å². The van der Waals surface area contributed by atoms with Gasteiger partial charge >= 0.3 is 0 Å². The quantitative estimate of drug-likeness (QED) is 0.778. The Bertz CT molecular complexity index is 585. The average Bonchev–Trinajstić information content (AvgIpc) is 2.42. The van der Waals surface area contributed by atoms with Gasteiger partial charge in [0, 0.05) is 17.5 Å². The number of carbonyl (C=O) groups is 1. The molecule has 98 valence electrons. The molecule has 1 heterocycles. The van der Waals surface area contributed by atoms with Crippen LogP contribution < -0.4 is 0 Å². The SMILES string of the molecule is CCc1ccc(CC(=O)c2cc(C)ccc2C)nc1. The molecule has 0 amide bonds. The summed E-state index contributed by atoms with van der Waals surface area (Å²) in [5.41, 5.74) is 4.98. The summed E-state index contributed by atoms with van der Waals surface area (Å²) in [5, 5.41) is 0. The summed E-state index contributed by atoms with van der Waals surface area (Å²) in [5.74, 6) is 0.137. The maximum absolute atomic E-state index is 12.3. The average molecular weight is 253 g/mol. The molecular weight excluding hydrogens is 234 g/mol. The molecule has 0 fully saturated rings. The van der Waals surface area contributed by atoms with Crippen LogP contribution in [0.2, 0.25) is 0 Å². The van der Waals surface area contributed by atoms with Gasteiger partial charge in [0.15, 0.2) is 5.78 Å². The Morgan fingerprint density at radius 1 is 1.16 bits per heavy atom. The summed E-state index contributed by atoms with van der Waals surface area (Å²) in [6, 6.07) is 9.97. The lowest BCUT2D eigenvalue weighted by molar-refractivity contribution is 0.0991. The van der Waals surface area contributed by atoms with Crippen molar-refractivity contribution >= 4 is 5.78 Å². The first-order valence-electron chi connectivity index (χ1n) is 6.64. The van der Waals surface area contributed by atoms with Crippen LogP contribution in [0.3, 0.4) is 0 Å². The molecule has 2 nitrogen and oxygen atoms in total. The molecule has 2 heteroatoms. The molecule has 1 aromatic heterocycles. The fourth-order valence-corrected chi connectivity index (χ4v) is 2.06. The fraction of sp³-hybridized carbons (Fsp3) is 0.294. The van der Waals surface area contributed by atoms with E-state index in [0.29, 0.717) is 6.42 Å². The van der Waals surface area contributed by atoms with Crippen LogP contribution in [0.15, 0.2) is 36.5 Å². The normalized spacial score (nSPS) is 10.5. The van der Waals surface area contributed by atoms with Crippen LogP contribution in [-0.2, 0) is 12.8 Å². The second kappa shape index (κ2) is 5.79. The summed E-state index contributed by atoms with van der Waals surface area (Å²) in [6.07, 6.45) is 3.19. The molecule has 0 aliphatic carbocycles. The Morgan fingerprint density at radius 3 is 2.58 bits per heavy atom. The van der Waals surface area contributed by atoms with Gasteiger partial charge in [-0.1, -0.05) is 30.7 Å². The maximum atomic E-state index is 12.3. The van der Waals surface area contributed by atoms with E-state index in [9.17, 15) is 4.79 Å². The van der Waals surface area contributed by atoms with Crippen LogP contribution >= 0.6 is 0 Å². The van der Waals surface area contributed by atoms with E-state index in [-0.39, 0.29) is 5.78 Å². The van der Waals surface area contributed by atoms with Crippen molar-refractivity contribution in [2.75, 3.05) is 0 Å². The zero-order valence-electron chi connectivity index (χ0n) is 11.7. The topological polar surface area (TPSA) is 30.0 Å². The molecule has 0 atom stereocenters. The van der Waals surface area contributed by atoms with E-state index >= 15 is 0 Å². The number of hydrogen-bond acceptors (Lipinski definition) is 2. The lowest BCUT2D eigenvalue weighted by Gasteiger charge is -2.06. The second-order valence-corrected chi connectivity index (χ2v) is 4.93. The number of aryl methyl sites for hydroxylation is 3. The second-order valence-electron chi connectivity index (χ2n) is 4.93. The van der Waals surface area contributed by atoms with Gasteiger partial charge in [0.2, 0.25) is 0 Å². The molecule has 0 unspecified atom stereocenters. The molecule has 2 aromatic rings. The van der Waals surface area contributed by atoms with Gasteiger partial charge in [0.1, 0.15) is 0 Å². The molecule has 0 N–H and O–H groups in total. The van der Waals surface area contributed by atoms with Crippen molar-refractivity contribution in [3.8, 4) is 0 Å². The minimum Gasteiger partial charge on any atom is -0.294 e. The van der Waals surface area contributed by atoms with Gasteiger partial charge in [0.25, 0.3) is 0 Å². The third kappa shape index (κ3) is 3.28. The summed E-state index contributed by atoms with van der Waals surface area (Å²) in [6.45, 7) is 6.07. The van der Waals surface area contributed by atoms with Crippen LogP contribution in [-0.4, -0.2) is 10.8 Å². The van der Waals surface area contributed by atoms with E-state index in [0.717, 1.165) is 28.8 Å². The third-order valence-electron chi connectivity index (χ3n) is 3.33. The first kappa shape index (κ1) is 13.5. The van der Waals surface area contributed by atoms with Gasteiger partial charge in [0.05, 0.1) is 6.42 Å². The Kier molecular flexibility index (Phi) is 4.10. The summed E-state index contributed by atoms with van der Waals surface area (Å²) in [4.78, 5) is 16.6. The molecule has 1 aromatic carbocycles. The van der Waals surface area contributed by atoms with Crippen molar-refractivity contribution in [2.45, 2.75) is 33.6 Å². The van der Waals surface area contributed by atoms with Crippen molar-refractivity contribution in [1.29, 1.82) is 0 Å². The van der Waals surface area contributed by atoms with Crippen molar-refractivity contribution < 1.29 is 4.79 Å². The molecule has 0 saturated heterocycles. The van der Waals surface area contributed by atoms with Gasteiger partial charge in [-0.05, 0) is 43.5 Å². The molecule has 0 aliphatic rings. The van der Waals surface area contributed by atoms with Crippen molar-refractivity contribution in [3.63, 3.8) is 0 Å². The Labute approximate surface area is 114 Å². The number of carbonyl (C=O) groups excluding carboxylic acids is 1. The lowest BCUT2D eigenvalue weighted by atomic mass is 9.99. The number of aromatic nitrogens is 1. The third-order valence-corrected chi connectivity index (χ3v) is 3.33. The van der Waals surface area contributed by atoms with Crippen LogP contribution in [0.1, 0.15) is 39.7 Å². The van der Waals surface area contributed by atoms with Crippen molar-refractivity contribution in [3.05, 3.63) is 64.5 Å². The number of rotatable bonds is 4. The van der Waals surface area contributed by atoms with E-state index in [2.05, 4.69) is 11.9 Å². The Balaban J connectivity index is 2.18. The predicted octanol–water partition coefficient (Wildman–Crippen LogP) is 3.69. The summed E-state index contributed by atoms with van der Waals surface area (Å²) < 4.78 is 0.